The predicted octanol–water partition coefficient (Wildman–Crippen LogP) is 5.89. The Labute approximate surface area is 165 Å². The maximum Gasteiger partial charge on any atom is 0.320 e. The second-order valence-electron chi connectivity index (χ2n) is 6.27. The van der Waals surface area contributed by atoms with Crippen LogP contribution in [0.5, 0.6) is 5.75 Å². The van der Waals surface area contributed by atoms with Gasteiger partial charge in [-0.15, -0.1) is 5.10 Å². The molecule has 4 aromatic rings. The van der Waals surface area contributed by atoms with Crippen LogP contribution >= 0.6 is 15.9 Å². The first-order valence-electron chi connectivity index (χ1n) is 8.56. The van der Waals surface area contributed by atoms with Gasteiger partial charge >= 0.3 is 6.01 Å². The average molecular weight is 424 g/mol. The third-order valence-electron chi connectivity index (χ3n) is 4.48. The monoisotopic (exact) mass is 423 g/mol. The van der Waals surface area contributed by atoms with Crippen LogP contribution in [0.2, 0.25) is 0 Å². The molecular weight excluding hydrogens is 406 g/mol. The molecule has 0 aliphatic rings. The highest BCUT2D eigenvalue weighted by atomic mass is 79.9. The summed E-state index contributed by atoms with van der Waals surface area (Å²) in [7, 11) is 1.67. The van der Waals surface area contributed by atoms with E-state index in [1.165, 1.54) is 0 Å². The third-order valence-corrected chi connectivity index (χ3v) is 5.01. The first-order valence-corrected chi connectivity index (χ1v) is 9.35. The van der Waals surface area contributed by atoms with Crippen molar-refractivity contribution in [1.29, 1.82) is 0 Å². The first kappa shape index (κ1) is 17.5. The minimum absolute atomic E-state index is 0.00975. The molecule has 3 aromatic carbocycles. The van der Waals surface area contributed by atoms with E-state index in [1.54, 1.807) is 7.11 Å². The van der Waals surface area contributed by atoms with Crippen molar-refractivity contribution in [3.05, 3.63) is 76.6 Å². The summed E-state index contributed by atoms with van der Waals surface area (Å²) in [6, 6.07) is 20.5. The van der Waals surface area contributed by atoms with Crippen molar-refractivity contribution >= 4 is 38.4 Å². The Morgan fingerprint density at radius 2 is 1.70 bits per heavy atom. The van der Waals surface area contributed by atoms with Crippen molar-refractivity contribution in [3.8, 4) is 5.75 Å². The van der Waals surface area contributed by atoms with Crippen LogP contribution in [-0.4, -0.2) is 17.3 Å². The molecule has 0 aliphatic heterocycles. The second kappa shape index (κ2) is 7.40. The summed E-state index contributed by atoms with van der Waals surface area (Å²) in [5.74, 6) is 1.41. The standard InChI is InChI=1S/C21H18BrN3O2/c1-13(14-3-4-16-12-19(26-2)10-5-15(16)11-14)20-24-25-21(27-20)23-18-8-6-17(22)7-9-18/h3-13H,1-2H3,(H,23,25). The normalized spacial score (nSPS) is 12.1. The maximum absolute atomic E-state index is 5.82. The SMILES string of the molecule is COc1ccc2cc(C(C)c3nnc(Nc4ccc(Br)cc4)o3)ccc2c1. The van der Waals surface area contributed by atoms with Crippen molar-refractivity contribution < 1.29 is 9.15 Å². The molecule has 1 unspecified atom stereocenters. The summed E-state index contributed by atoms with van der Waals surface area (Å²) in [5, 5.41) is 13.7. The molecule has 1 aromatic heterocycles. The molecule has 27 heavy (non-hydrogen) atoms. The van der Waals surface area contributed by atoms with Crippen LogP contribution in [0, 0.1) is 0 Å². The summed E-state index contributed by atoms with van der Waals surface area (Å²) in [6.45, 7) is 2.06. The van der Waals surface area contributed by atoms with E-state index >= 15 is 0 Å². The zero-order chi connectivity index (χ0) is 18.8. The smallest absolute Gasteiger partial charge is 0.320 e. The number of ether oxygens (including phenoxy) is 1. The number of rotatable bonds is 5. The Morgan fingerprint density at radius 3 is 2.48 bits per heavy atom. The van der Waals surface area contributed by atoms with E-state index in [9.17, 15) is 0 Å². The van der Waals surface area contributed by atoms with Crippen molar-refractivity contribution in [2.45, 2.75) is 12.8 Å². The molecule has 5 nitrogen and oxygen atoms in total. The molecule has 0 spiro atoms. The molecule has 0 radical (unpaired) electrons. The highest BCUT2D eigenvalue weighted by Gasteiger charge is 2.16. The van der Waals surface area contributed by atoms with Crippen LogP contribution in [0.25, 0.3) is 10.8 Å². The summed E-state index contributed by atoms with van der Waals surface area (Å²) >= 11 is 3.42. The molecule has 0 aliphatic carbocycles. The minimum atomic E-state index is -0.00975. The van der Waals surface area contributed by atoms with E-state index in [0.29, 0.717) is 11.9 Å². The van der Waals surface area contributed by atoms with Gasteiger partial charge in [-0.25, -0.2) is 0 Å². The van der Waals surface area contributed by atoms with Gasteiger partial charge in [-0.2, -0.15) is 0 Å². The molecule has 0 amide bonds. The van der Waals surface area contributed by atoms with Gasteiger partial charge in [0.2, 0.25) is 5.89 Å². The van der Waals surface area contributed by atoms with Gasteiger partial charge in [-0.3, -0.25) is 0 Å². The lowest BCUT2D eigenvalue weighted by Gasteiger charge is -2.09. The molecule has 136 valence electrons. The van der Waals surface area contributed by atoms with Gasteiger partial charge in [-0.05, 0) is 59.7 Å². The molecule has 1 N–H and O–H groups in total. The van der Waals surface area contributed by atoms with E-state index in [-0.39, 0.29) is 5.92 Å². The van der Waals surface area contributed by atoms with E-state index in [2.05, 4.69) is 62.6 Å². The van der Waals surface area contributed by atoms with Crippen molar-refractivity contribution in [3.63, 3.8) is 0 Å². The highest BCUT2D eigenvalue weighted by molar-refractivity contribution is 9.10. The number of benzene rings is 3. The van der Waals surface area contributed by atoms with Gasteiger partial charge in [0.05, 0.1) is 13.0 Å². The van der Waals surface area contributed by atoms with Crippen LogP contribution in [-0.2, 0) is 0 Å². The average Bonchev–Trinajstić information content (AvgIpc) is 3.16. The van der Waals surface area contributed by atoms with Gasteiger partial charge < -0.3 is 14.5 Å². The fraction of sp³-hybridized carbons (Fsp3) is 0.143. The number of methoxy groups -OCH3 is 1. The van der Waals surface area contributed by atoms with E-state index < -0.39 is 0 Å². The third kappa shape index (κ3) is 3.80. The number of nitrogens with zero attached hydrogens (tertiary/aromatic N) is 2. The lowest BCUT2D eigenvalue weighted by atomic mass is 9.97. The maximum atomic E-state index is 5.82. The van der Waals surface area contributed by atoms with Crippen LogP contribution in [0.3, 0.4) is 0 Å². The van der Waals surface area contributed by atoms with E-state index in [1.807, 2.05) is 36.4 Å². The summed E-state index contributed by atoms with van der Waals surface area (Å²) in [6.07, 6.45) is 0. The molecule has 0 fully saturated rings. The zero-order valence-corrected chi connectivity index (χ0v) is 16.5. The summed E-state index contributed by atoms with van der Waals surface area (Å²) in [5.41, 5.74) is 2.01. The largest absolute Gasteiger partial charge is 0.497 e. The molecule has 0 saturated carbocycles. The summed E-state index contributed by atoms with van der Waals surface area (Å²) < 4.78 is 12.1. The van der Waals surface area contributed by atoms with Crippen LogP contribution in [0.4, 0.5) is 11.7 Å². The molecule has 0 saturated heterocycles. The van der Waals surface area contributed by atoms with Crippen LogP contribution in [0.15, 0.2) is 69.6 Å². The van der Waals surface area contributed by atoms with Crippen molar-refractivity contribution in [2.24, 2.45) is 0 Å². The minimum Gasteiger partial charge on any atom is -0.497 e. The van der Waals surface area contributed by atoms with Crippen molar-refractivity contribution in [1.82, 2.24) is 10.2 Å². The number of aromatic nitrogens is 2. The van der Waals surface area contributed by atoms with Gasteiger partial charge in [-0.1, -0.05) is 45.3 Å². The van der Waals surface area contributed by atoms with Gasteiger partial charge in [0, 0.05) is 10.2 Å². The van der Waals surface area contributed by atoms with Gasteiger partial charge in [0.15, 0.2) is 0 Å². The quantitative estimate of drug-likeness (QED) is 0.433. The number of fused-ring (bicyclic) bond motifs is 1. The van der Waals surface area contributed by atoms with Gasteiger partial charge in [0.1, 0.15) is 5.75 Å². The predicted molar refractivity (Wildman–Crippen MR) is 110 cm³/mol. The topological polar surface area (TPSA) is 60.2 Å². The number of hydrogen-bond acceptors (Lipinski definition) is 5. The lowest BCUT2D eigenvalue weighted by Crippen LogP contribution is -1.96. The first-order chi connectivity index (χ1) is 13.1. The zero-order valence-electron chi connectivity index (χ0n) is 14.9. The van der Waals surface area contributed by atoms with Crippen molar-refractivity contribution in [2.75, 3.05) is 12.4 Å². The van der Waals surface area contributed by atoms with Gasteiger partial charge in [0.25, 0.3) is 0 Å². The fourth-order valence-corrected chi connectivity index (χ4v) is 3.16. The number of halogens is 1. The number of anilines is 2. The number of nitrogens with one attached hydrogen (secondary N) is 1. The Hall–Kier alpha value is -2.86. The van der Waals surface area contributed by atoms with Crippen LogP contribution < -0.4 is 10.1 Å². The molecule has 1 atom stereocenters. The number of hydrogen-bond donors (Lipinski definition) is 1. The molecular formula is C21H18BrN3O2. The Morgan fingerprint density at radius 1 is 0.963 bits per heavy atom. The Kier molecular flexibility index (Phi) is 4.81. The van der Waals surface area contributed by atoms with E-state index in [4.69, 9.17) is 9.15 Å². The van der Waals surface area contributed by atoms with Crippen LogP contribution in [0.1, 0.15) is 24.3 Å². The molecule has 6 heteroatoms. The lowest BCUT2D eigenvalue weighted by molar-refractivity contribution is 0.415. The second-order valence-corrected chi connectivity index (χ2v) is 7.19. The fourth-order valence-electron chi connectivity index (χ4n) is 2.90. The Bertz CT molecular complexity index is 1080. The molecule has 1 heterocycles. The highest BCUT2D eigenvalue weighted by Crippen LogP contribution is 2.29. The van der Waals surface area contributed by atoms with E-state index in [0.717, 1.165) is 32.2 Å². The molecule has 0 bridgehead atoms. The Balaban J connectivity index is 1.55. The summed E-state index contributed by atoms with van der Waals surface area (Å²) in [4.78, 5) is 0. The molecule has 4 rings (SSSR count).